The fraction of sp³-hybridized carbons (Fsp3) is 0.803. The smallest absolute Gasteiger partial charge is 0.253 e. The van der Waals surface area contributed by atoms with Crippen molar-refractivity contribution in [2.75, 3.05) is 171 Å². The van der Waals surface area contributed by atoms with Gasteiger partial charge in [-0.15, -0.1) is 15.3 Å². The molecule has 0 spiro atoms. The summed E-state index contributed by atoms with van der Waals surface area (Å²) in [5.74, 6) is -2.37. The lowest BCUT2D eigenvalue weighted by Gasteiger charge is -2.41. The van der Waals surface area contributed by atoms with E-state index in [0.29, 0.717) is 36.3 Å². The number of hydrogen-bond donors (Lipinski definition) is 14. The summed E-state index contributed by atoms with van der Waals surface area (Å²) in [6.07, 6.45) is 2.59. The molecular weight excluding hydrogens is 1620 g/mol. The number of aromatic nitrogens is 9. The molecule has 686 valence electrons. The lowest BCUT2D eigenvalue weighted by molar-refractivity contribution is -0.244. The number of aliphatic hydroxyl groups is 9. The molecule has 14 N–H and O–H groups in total. The summed E-state index contributed by atoms with van der Waals surface area (Å²) < 4.78 is 89.2. The fourth-order valence-electron chi connectivity index (χ4n) is 15.0. The van der Waals surface area contributed by atoms with Gasteiger partial charge in [0.2, 0.25) is 29.5 Å². The molecule has 0 unspecified atom stereocenters. The van der Waals surface area contributed by atoms with E-state index >= 15 is 0 Å². The zero-order valence-corrected chi connectivity index (χ0v) is 68.6. The molecule has 0 saturated carbocycles. The SMILES string of the molecule is O=C(CCCCCCCCCCC(=O)NC(CCC(=O)NCCOCCOCCOCc1cn([C@H]2[C@@H]3OC[C@](CO)(O3)[C@H](O)[C@@H]2O)nn1)(CCC(=O)NCCOCCOCCOCc1cn([C@H]2[C@@H]3OC[C@](CO)(O3)[C@H](O)[C@@H]2O)nn1)CCC(=O)NCCOCCOCCOCc1cn([C@H]2[C@H]3OC[C@](CO)(O3)[C@H](O)[C@@H]2O)nn1)NCCN1C(=O)C=CC1=O. The van der Waals surface area contributed by atoms with E-state index in [0.717, 1.165) is 43.4 Å². The molecule has 15 atom stereocenters. The van der Waals surface area contributed by atoms with Crippen molar-refractivity contribution in [1.82, 2.24) is 76.5 Å². The summed E-state index contributed by atoms with van der Waals surface area (Å²) in [5, 5.41) is 133. The number of amides is 7. The first-order valence-electron chi connectivity index (χ1n) is 41.8. The molecule has 6 bridgehead atoms. The van der Waals surface area contributed by atoms with E-state index in [-0.39, 0.29) is 246 Å². The van der Waals surface area contributed by atoms with Crippen LogP contribution in [0.4, 0.5) is 0 Å². The number of carbonyl (C=O) groups is 7. The Kier molecular flexibility index (Phi) is 39.4. The number of nitrogens with zero attached hydrogens (tertiary/aromatic N) is 10. The van der Waals surface area contributed by atoms with Gasteiger partial charge in [-0.1, -0.05) is 54.2 Å². The molecule has 46 heteroatoms. The molecule has 0 aliphatic carbocycles. The first kappa shape index (κ1) is 96.9. The quantitative estimate of drug-likeness (QED) is 0.0185. The predicted octanol–water partition coefficient (Wildman–Crippen LogP) is -5.86. The molecular formula is C76H121N15O31. The molecule has 0 radical (unpaired) electrons. The van der Waals surface area contributed by atoms with Crippen LogP contribution in [-0.2, 0) is 124 Å². The molecule has 3 aromatic heterocycles. The summed E-state index contributed by atoms with van der Waals surface area (Å²) in [6, 6.07) is -2.73. The van der Waals surface area contributed by atoms with E-state index in [1.54, 1.807) is 0 Å². The standard InChI is InChI=1S/C76H121N15O31/c92-45-74-48-117-70(120-74)61(64(102)67(74)105)89-39-51(82-85-89)42-114-36-33-111-30-27-108-24-20-78-55(96)13-16-73(81-58(99)10-8-6-4-2-1-3-5-7-9-54(95)77-19-23-88-59(100)11-12-60(88)101,17-14-56(97)79-21-25-109-28-31-112-34-37-115-43-52-40-90(86-83-52)62-65(103)68(106)75(46-93)49-118-71(62)121-75)18-15-57(98)80-22-26-110-29-32-113-35-38-116-44-53-41-91(87-84-53)63-66(104)69(107)76(47-94)50-119-72(63)122-76/h11-12,39-41,61-72,92-94,102-107H,1-10,13-38,42-50H2,(H,77,95)(H,78,96)(H,79,97)(H,80,98)(H,81,99)/t61-,62-,63-,64-,65-,66-,67-,68-,69-,70-,71-,72+,74+,75+,76+/m1/s1. The zero-order chi connectivity index (χ0) is 86.8. The van der Waals surface area contributed by atoms with Crippen molar-refractivity contribution in [3.63, 3.8) is 0 Å². The second kappa shape index (κ2) is 49.6. The molecule has 6 saturated heterocycles. The van der Waals surface area contributed by atoms with Crippen molar-refractivity contribution < 1.29 is 151 Å². The van der Waals surface area contributed by atoms with Crippen molar-refractivity contribution in [2.24, 2.45) is 0 Å². The highest BCUT2D eigenvalue weighted by Crippen LogP contribution is 2.45. The lowest BCUT2D eigenvalue weighted by Crippen LogP contribution is -2.60. The van der Waals surface area contributed by atoms with E-state index in [9.17, 15) is 79.5 Å². The van der Waals surface area contributed by atoms with Crippen LogP contribution >= 0.6 is 0 Å². The maximum Gasteiger partial charge on any atom is 0.253 e. The van der Waals surface area contributed by atoms with Crippen molar-refractivity contribution in [1.29, 1.82) is 0 Å². The number of aliphatic hydroxyl groups excluding tert-OH is 9. The van der Waals surface area contributed by atoms with Gasteiger partial charge in [-0.05, 0) is 32.1 Å². The average Bonchev–Trinajstić information content (AvgIpc) is 1.59. The largest absolute Gasteiger partial charge is 0.393 e. The highest BCUT2D eigenvalue weighted by molar-refractivity contribution is 6.12. The van der Waals surface area contributed by atoms with Crippen LogP contribution in [0.1, 0.15) is 138 Å². The van der Waals surface area contributed by atoms with Crippen LogP contribution in [0.2, 0.25) is 0 Å². The summed E-state index contributed by atoms with van der Waals surface area (Å²) in [7, 11) is 0. The molecule has 10 heterocycles. The number of hydrogen-bond acceptors (Lipinski definition) is 37. The highest BCUT2D eigenvalue weighted by atomic mass is 16.8. The molecule has 7 aliphatic heterocycles. The summed E-state index contributed by atoms with van der Waals surface area (Å²) in [6.45, 7) is 1.81. The number of imide groups is 1. The first-order valence-corrected chi connectivity index (χ1v) is 41.8. The molecule has 3 aromatic rings. The van der Waals surface area contributed by atoms with Crippen molar-refractivity contribution >= 4 is 41.4 Å². The van der Waals surface area contributed by atoms with Crippen LogP contribution in [-0.4, -0.2) is 386 Å². The number of nitrogens with one attached hydrogen (secondary N) is 5. The second-order valence-corrected chi connectivity index (χ2v) is 31.0. The van der Waals surface area contributed by atoms with Gasteiger partial charge in [-0.25, -0.2) is 14.0 Å². The van der Waals surface area contributed by atoms with Gasteiger partial charge < -0.3 is 144 Å². The molecule has 0 aromatic carbocycles. The molecule has 6 fully saturated rings. The van der Waals surface area contributed by atoms with Crippen LogP contribution in [0, 0.1) is 0 Å². The minimum absolute atomic E-state index is 0.0585. The topological polar surface area (TPSA) is 596 Å². The third-order valence-corrected chi connectivity index (χ3v) is 22.1. The number of ether oxygens (including phenoxy) is 15. The normalized spacial score (nSPS) is 26.5. The maximum absolute atomic E-state index is 14.1. The van der Waals surface area contributed by atoms with Crippen molar-refractivity contribution in [2.45, 2.75) is 219 Å². The maximum atomic E-state index is 14.1. The Bertz CT molecular complexity index is 3420. The third-order valence-electron chi connectivity index (χ3n) is 22.1. The Hall–Kier alpha value is -7.31. The van der Waals surface area contributed by atoms with Gasteiger partial charge in [0.25, 0.3) is 11.8 Å². The third kappa shape index (κ3) is 27.8. The highest BCUT2D eigenvalue weighted by Gasteiger charge is 2.62. The van der Waals surface area contributed by atoms with Crippen LogP contribution in [0.3, 0.4) is 0 Å². The molecule has 10 rings (SSSR count). The van der Waals surface area contributed by atoms with E-state index < -0.39 is 128 Å². The van der Waals surface area contributed by atoms with E-state index in [1.807, 2.05) is 0 Å². The van der Waals surface area contributed by atoms with Gasteiger partial charge in [0, 0.05) is 82.5 Å². The summed E-state index contributed by atoms with van der Waals surface area (Å²) >= 11 is 0. The van der Waals surface area contributed by atoms with Crippen LogP contribution in [0.5, 0.6) is 0 Å². The molecule has 7 amide bonds. The Morgan fingerprint density at radius 3 is 1.01 bits per heavy atom. The van der Waals surface area contributed by atoms with E-state index in [2.05, 4.69) is 57.5 Å². The van der Waals surface area contributed by atoms with Gasteiger partial charge in [-0.3, -0.25) is 38.5 Å². The van der Waals surface area contributed by atoms with Crippen LogP contribution in [0.25, 0.3) is 0 Å². The second-order valence-electron chi connectivity index (χ2n) is 31.0. The molecule has 122 heavy (non-hydrogen) atoms. The number of carbonyl (C=O) groups excluding carboxylic acids is 7. The van der Waals surface area contributed by atoms with Gasteiger partial charge in [0.05, 0.1) is 177 Å². The Balaban J connectivity index is 0.644. The fourth-order valence-corrected chi connectivity index (χ4v) is 15.0. The Labute approximate surface area is 703 Å². The zero-order valence-electron chi connectivity index (χ0n) is 68.6. The number of unbranched alkanes of at least 4 members (excludes halogenated alkanes) is 7. The van der Waals surface area contributed by atoms with Crippen molar-refractivity contribution in [3.05, 3.63) is 47.8 Å². The minimum Gasteiger partial charge on any atom is -0.393 e. The number of fused-ring (bicyclic) bond motifs is 6. The van der Waals surface area contributed by atoms with E-state index in [1.165, 1.54) is 44.8 Å². The average molecular weight is 1740 g/mol. The molecule has 46 nitrogen and oxygen atoms in total. The van der Waals surface area contributed by atoms with Gasteiger partial charge in [0.15, 0.2) is 18.9 Å². The molecule has 7 aliphatic rings. The Morgan fingerprint density at radius 2 is 0.680 bits per heavy atom. The van der Waals surface area contributed by atoms with Gasteiger partial charge >= 0.3 is 0 Å². The van der Waals surface area contributed by atoms with Gasteiger partial charge in [-0.2, -0.15) is 0 Å². The summed E-state index contributed by atoms with van der Waals surface area (Å²) in [5.41, 5.74) is -4.17. The van der Waals surface area contributed by atoms with Crippen molar-refractivity contribution in [3.8, 4) is 0 Å². The lowest BCUT2D eigenvalue weighted by atomic mass is 9.82. The minimum atomic E-state index is -1.42. The summed E-state index contributed by atoms with van der Waals surface area (Å²) in [4.78, 5) is 92.2. The van der Waals surface area contributed by atoms with E-state index in [4.69, 9.17) is 71.1 Å². The number of rotatable bonds is 63. The first-order chi connectivity index (χ1) is 59.1. The van der Waals surface area contributed by atoms with Crippen LogP contribution in [0.15, 0.2) is 30.7 Å². The Morgan fingerprint density at radius 1 is 0.393 bits per heavy atom. The monoisotopic (exact) mass is 1740 g/mol. The van der Waals surface area contributed by atoms with Crippen LogP contribution < -0.4 is 26.6 Å². The van der Waals surface area contributed by atoms with Gasteiger partial charge in [0.1, 0.15) is 88.6 Å². The predicted molar refractivity (Wildman–Crippen MR) is 412 cm³/mol.